The molecule has 1 atom stereocenters. The molecule has 2 fully saturated rings. The highest BCUT2D eigenvalue weighted by Gasteiger charge is 2.29. The number of rotatable bonds is 4. The average molecular weight is 406 g/mol. The van der Waals surface area contributed by atoms with Gasteiger partial charge in [-0.3, -0.25) is 9.78 Å². The largest absolute Gasteiger partial charge is 0.387 e. The van der Waals surface area contributed by atoms with Crippen molar-refractivity contribution >= 4 is 17.1 Å². The van der Waals surface area contributed by atoms with Crippen LogP contribution in [0.5, 0.6) is 0 Å². The number of nitrogens with zero attached hydrogens (tertiary/aromatic N) is 5. The van der Waals surface area contributed by atoms with Gasteiger partial charge in [0.05, 0.1) is 23.7 Å². The summed E-state index contributed by atoms with van der Waals surface area (Å²) in [5, 5.41) is 10.6. The van der Waals surface area contributed by atoms with Crippen molar-refractivity contribution in [3.63, 3.8) is 0 Å². The summed E-state index contributed by atoms with van der Waals surface area (Å²) in [7, 11) is 0. The van der Waals surface area contributed by atoms with E-state index < -0.39 is 6.10 Å². The van der Waals surface area contributed by atoms with E-state index >= 15 is 0 Å². The molecule has 1 N–H and O–H groups in total. The summed E-state index contributed by atoms with van der Waals surface area (Å²) in [6.45, 7) is 1.25. The van der Waals surface area contributed by atoms with Crippen molar-refractivity contribution < 1.29 is 9.90 Å². The van der Waals surface area contributed by atoms with Crippen LogP contribution >= 0.6 is 0 Å². The molecule has 1 saturated carbocycles. The summed E-state index contributed by atoms with van der Waals surface area (Å²) >= 11 is 0. The lowest BCUT2D eigenvalue weighted by atomic mass is 9.89. The van der Waals surface area contributed by atoms with Crippen LogP contribution in [0, 0.1) is 5.92 Å². The Morgan fingerprint density at radius 2 is 1.87 bits per heavy atom. The van der Waals surface area contributed by atoms with Gasteiger partial charge < -0.3 is 14.6 Å². The zero-order chi connectivity index (χ0) is 20.5. The molecular weight excluding hydrogens is 378 g/mol. The third-order valence-electron chi connectivity index (χ3n) is 6.64. The Morgan fingerprint density at radius 1 is 1.07 bits per heavy atom. The minimum atomic E-state index is -0.582. The van der Waals surface area contributed by atoms with Gasteiger partial charge in [0.15, 0.2) is 5.65 Å². The highest BCUT2D eigenvalue weighted by atomic mass is 16.3. The molecule has 3 aromatic rings. The number of pyridine rings is 2. The number of aliphatic hydroxyl groups excluding tert-OH is 1. The van der Waals surface area contributed by atoms with Crippen LogP contribution in [0.15, 0.2) is 43.0 Å². The Bertz CT molecular complexity index is 1020. The Kier molecular flexibility index (Phi) is 5.21. The van der Waals surface area contributed by atoms with Crippen LogP contribution in [-0.2, 0) is 0 Å². The molecule has 7 nitrogen and oxygen atoms in total. The van der Waals surface area contributed by atoms with E-state index in [9.17, 15) is 9.90 Å². The Hall–Kier alpha value is -2.80. The maximum absolute atomic E-state index is 13.0. The Labute approximate surface area is 175 Å². The van der Waals surface area contributed by atoms with Crippen LogP contribution < -0.4 is 0 Å². The molecule has 1 unspecified atom stereocenters. The quantitative estimate of drug-likeness (QED) is 0.718. The highest BCUT2D eigenvalue weighted by Crippen LogP contribution is 2.32. The maximum Gasteiger partial charge on any atom is 0.255 e. The number of carbonyl (C=O) groups excluding carboxylic acids is 1. The first kappa shape index (κ1) is 19.2. The zero-order valence-corrected chi connectivity index (χ0v) is 17.0. The second kappa shape index (κ2) is 8.14. The highest BCUT2D eigenvalue weighted by molar-refractivity contribution is 5.96. The van der Waals surface area contributed by atoms with E-state index in [1.165, 1.54) is 25.7 Å². The first-order chi connectivity index (χ1) is 14.7. The number of likely N-dealkylation sites (tertiary alicyclic amines) is 1. The fraction of sp³-hybridized carbons (Fsp3) is 0.478. The monoisotopic (exact) mass is 405 g/mol. The molecule has 1 saturated heterocycles. The van der Waals surface area contributed by atoms with Gasteiger partial charge in [-0.25, -0.2) is 9.97 Å². The number of amides is 1. The van der Waals surface area contributed by atoms with Gasteiger partial charge in [-0.05, 0) is 49.8 Å². The van der Waals surface area contributed by atoms with Gasteiger partial charge in [-0.15, -0.1) is 0 Å². The summed E-state index contributed by atoms with van der Waals surface area (Å²) < 4.78 is 2.17. The van der Waals surface area contributed by atoms with Crippen molar-refractivity contribution in [1.82, 2.24) is 24.4 Å². The van der Waals surface area contributed by atoms with Gasteiger partial charge in [0, 0.05) is 31.5 Å². The zero-order valence-electron chi connectivity index (χ0n) is 17.0. The minimum Gasteiger partial charge on any atom is -0.387 e. The van der Waals surface area contributed by atoms with Crippen LogP contribution in [-0.4, -0.2) is 48.5 Å². The molecule has 0 aromatic carbocycles. The van der Waals surface area contributed by atoms with Crippen molar-refractivity contribution in [2.45, 2.75) is 50.7 Å². The standard InChI is InChI=1S/C23H27N5O2/c29-21(19-7-3-4-10-24-19)16-8-11-27(12-9-16)23(30)17-13-20-22(25-14-17)28(15-26-20)18-5-1-2-6-18/h3-4,7,10,13-16,18,21,29H,1-2,5-6,8-9,11-12H2. The average Bonchev–Trinajstić information content (AvgIpc) is 3.48. The van der Waals surface area contributed by atoms with Gasteiger partial charge in [0.1, 0.15) is 5.52 Å². The Morgan fingerprint density at radius 3 is 2.60 bits per heavy atom. The number of hydrogen-bond acceptors (Lipinski definition) is 5. The lowest BCUT2D eigenvalue weighted by Gasteiger charge is -2.34. The van der Waals surface area contributed by atoms with E-state index in [0.717, 1.165) is 24.0 Å². The molecule has 4 heterocycles. The molecule has 1 aliphatic carbocycles. The van der Waals surface area contributed by atoms with Crippen molar-refractivity contribution in [3.05, 3.63) is 54.2 Å². The molecule has 1 amide bonds. The second-order valence-electron chi connectivity index (χ2n) is 8.49. The van der Waals surface area contributed by atoms with Crippen molar-refractivity contribution in [3.8, 4) is 0 Å². The smallest absolute Gasteiger partial charge is 0.255 e. The van der Waals surface area contributed by atoms with Gasteiger partial charge >= 0.3 is 0 Å². The van der Waals surface area contributed by atoms with Crippen LogP contribution in [0.2, 0.25) is 0 Å². The van der Waals surface area contributed by atoms with E-state index in [2.05, 4.69) is 19.5 Å². The van der Waals surface area contributed by atoms with Crippen LogP contribution in [0.1, 0.15) is 66.7 Å². The number of imidazole rings is 1. The van der Waals surface area contributed by atoms with E-state index in [4.69, 9.17) is 0 Å². The molecule has 0 spiro atoms. The first-order valence-corrected chi connectivity index (χ1v) is 10.9. The summed E-state index contributed by atoms with van der Waals surface area (Å²) in [5.74, 6) is 0.109. The molecule has 156 valence electrons. The molecule has 2 aliphatic rings. The van der Waals surface area contributed by atoms with Gasteiger partial charge in [-0.1, -0.05) is 18.9 Å². The van der Waals surface area contributed by atoms with Crippen LogP contribution in [0.3, 0.4) is 0 Å². The summed E-state index contributed by atoms with van der Waals surface area (Å²) in [6, 6.07) is 7.94. The molecule has 30 heavy (non-hydrogen) atoms. The predicted octanol–water partition coefficient (Wildman–Crippen LogP) is 3.53. The lowest BCUT2D eigenvalue weighted by Crippen LogP contribution is -2.39. The molecule has 3 aromatic heterocycles. The summed E-state index contributed by atoms with van der Waals surface area (Å²) in [4.78, 5) is 28.3. The molecule has 0 radical (unpaired) electrons. The number of carbonyl (C=O) groups is 1. The van der Waals surface area contributed by atoms with Crippen molar-refractivity contribution in [2.75, 3.05) is 13.1 Å². The molecule has 7 heteroatoms. The van der Waals surface area contributed by atoms with Gasteiger partial charge in [-0.2, -0.15) is 0 Å². The summed E-state index contributed by atoms with van der Waals surface area (Å²) in [5.41, 5.74) is 2.95. The van der Waals surface area contributed by atoms with Crippen LogP contribution in [0.4, 0.5) is 0 Å². The number of hydrogen-bond donors (Lipinski definition) is 1. The van der Waals surface area contributed by atoms with E-state index in [0.29, 0.717) is 30.4 Å². The Balaban J connectivity index is 1.26. The number of aromatic nitrogens is 4. The topological polar surface area (TPSA) is 84.1 Å². The lowest BCUT2D eigenvalue weighted by molar-refractivity contribution is 0.0447. The van der Waals surface area contributed by atoms with Crippen molar-refractivity contribution in [2.24, 2.45) is 5.92 Å². The fourth-order valence-corrected chi connectivity index (χ4v) is 4.88. The molecule has 1 aliphatic heterocycles. The van der Waals surface area contributed by atoms with E-state index in [1.54, 1.807) is 12.4 Å². The molecular formula is C23H27N5O2. The maximum atomic E-state index is 13.0. The minimum absolute atomic E-state index is 0.00871. The fourth-order valence-electron chi connectivity index (χ4n) is 4.88. The first-order valence-electron chi connectivity index (χ1n) is 10.9. The third-order valence-corrected chi connectivity index (χ3v) is 6.64. The van der Waals surface area contributed by atoms with Gasteiger partial charge in [0.25, 0.3) is 5.91 Å². The number of fused-ring (bicyclic) bond motifs is 1. The molecule has 0 bridgehead atoms. The van der Waals surface area contributed by atoms with E-state index in [1.807, 2.05) is 35.5 Å². The normalized spacial score (nSPS) is 19.4. The number of aliphatic hydroxyl groups is 1. The number of piperidine rings is 1. The molecule has 5 rings (SSSR count). The van der Waals surface area contributed by atoms with Gasteiger partial charge in [0.2, 0.25) is 0 Å². The second-order valence-corrected chi connectivity index (χ2v) is 8.49. The predicted molar refractivity (Wildman–Crippen MR) is 113 cm³/mol. The van der Waals surface area contributed by atoms with Crippen LogP contribution in [0.25, 0.3) is 11.2 Å². The third kappa shape index (κ3) is 3.58. The van der Waals surface area contributed by atoms with Crippen molar-refractivity contribution in [1.29, 1.82) is 0 Å². The summed E-state index contributed by atoms with van der Waals surface area (Å²) in [6.07, 6.45) is 11.1. The van der Waals surface area contributed by atoms with E-state index in [-0.39, 0.29) is 11.8 Å². The SMILES string of the molecule is O=C(c1cnc2c(c1)ncn2C1CCCC1)N1CCC(C(O)c2ccccn2)CC1.